The Hall–Kier alpha value is -1.92. The third-order valence-electron chi connectivity index (χ3n) is 5.13. The first-order valence-electron chi connectivity index (χ1n) is 8.81. The Morgan fingerprint density at radius 2 is 1.62 bits per heavy atom. The molecule has 1 aromatic carbocycles. The van der Waals surface area contributed by atoms with Crippen molar-refractivity contribution in [3.8, 4) is 0 Å². The molecule has 2 heterocycles. The van der Waals surface area contributed by atoms with Gasteiger partial charge in [-0.25, -0.2) is 0 Å². The van der Waals surface area contributed by atoms with Crippen LogP contribution in [0.1, 0.15) is 15.9 Å². The summed E-state index contributed by atoms with van der Waals surface area (Å²) in [5, 5.41) is 0. The highest BCUT2D eigenvalue weighted by Crippen LogP contribution is 2.12. The first kappa shape index (κ1) is 16.9. The molecular formula is C18H28N4O2+2. The highest BCUT2D eigenvalue weighted by molar-refractivity contribution is 5.94. The smallest absolute Gasteiger partial charge is 0.279 e. The molecule has 3 rings (SSSR count). The van der Waals surface area contributed by atoms with Crippen LogP contribution < -0.4 is 9.80 Å². The van der Waals surface area contributed by atoms with E-state index in [0.717, 1.165) is 31.7 Å². The van der Waals surface area contributed by atoms with Crippen LogP contribution in [-0.4, -0.2) is 81.1 Å². The lowest BCUT2D eigenvalue weighted by Crippen LogP contribution is -3.27. The lowest BCUT2D eigenvalue weighted by Gasteiger charge is -2.28. The fraction of sp³-hybridized carbons (Fsp3) is 0.556. The van der Waals surface area contributed by atoms with E-state index in [1.807, 2.05) is 36.1 Å². The first-order chi connectivity index (χ1) is 11.5. The molecule has 2 aliphatic rings. The normalized spacial score (nSPS) is 24.2. The predicted octanol–water partition coefficient (Wildman–Crippen LogP) is -2.35. The van der Waals surface area contributed by atoms with Crippen LogP contribution >= 0.6 is 0 Å². The maximum Gasteiger partial charge on any atom is 0.279 e. The van der Waals surface area contributed by atoms with E-state index in [-0.39, 0.29) is 11.8 Å². The van der Waals surface area contributed by atoms with Gasteiger partial charge in [-0.15, -0.1) is 0 Å². The fourth-order valence-electron chi connectivity index (χ4n) is 3.37. The topological polar surface area (TPSA) is 49.5 Å². The van der Waals surface area contributed by atoms with Crippen molar-refractivity contribution in [2.24, 2.45) is 0 Å². The van der Waals surface area contributed by atoms with Crippen molar-refractivity contribution < 1.29 is 19.4 Å². The van der Waals surface area contributed by atoms with E-state index in [4.69, 9.17) is 0 Å². The number of amides is 2. The molecule has 2 N–H and O–H groups in total. The summed E-state index contributed by atoms with van der Waals surface area (Å²) in [5.74, 6) is 0.185. The zero-order valence-corrected chi connectivity index (χ0v) is 14.7. The van der Waals surface area contributed by atoms with Gasteiger partial charge in [-0.05, 0) is 19.1 Å². The SMILES string of the molecule is Cc1ccc(C(=O)N2CCN(C(=O)C[NH+]3CC[NH+](C)CC3)C2)cc1. The highest BCUT2D eigenvalue weighted by atomic mass is 16.2. The summed E-state index contributed by atoms with van der Waals surface area (Å²) in [6.45, 7) is 8.61. The summed E-state index contributed by atoms with van der Waals surface area (Å²) < 4.78 is 0. The minimum absolute atomic E-state index is 0.0147. The van der Waals surface area contributed by atoms with Crippen molar-refractivity contribution in [1.29, 1.82) is 0 Å². The van der Waals surface area contributed by atoms with E-state index in [1.54, 1.807) is 9.80 Å². The van der Waals surface area contributed by atoms with E-state index >= 15 is 0 Å². The number of hydrogen-bond acceptors (Lipinski definition) is 2. The fourth-order valence-corrected chi connectivity index (χ4v) is 3.37. The maximum absolute atomic E-state index is 12.5. The molecule has 0 saturated carbocycles. The number of quaternary nitrogens is 2. The number of rotatable bonds is 3. The maximum atomic E-state index is 12.5. The van der Waals surface area contributed by atoms with Crippen LogP contribution in [0.4, 0.5) is 0 Å². The average Bonchev–Trinajstić information content (AvgIpc) is 3.07. The van der Waals surface area contributed by atoms with Crippen LogP contribution in [-0.2, 0) is 4.79 Å². The number of nitrogens with zero attached hydrogens (tertiary/aromatic N) is 2. The Morgan fingerprint density at radius 1 is 1.00 bits per heavy atom. The van der Waals surface area contributed by atoms with Crippen LogP contribution in [0.25, 0.3) is 0 Å². The molecule has 6 nitrogen and oxygen atoms in total. The number of aryl methyl sites for hydroxylation is 1. The number of piperazine rings is 1. The quantitative estimate of drug-likeness (QED) is 0.651. The number of benzene rings is 1. The van der Waals surface area contributed by atoms with Crippen molar-refractivity contribution in [2.75, 3.05) is 59.5 Å². The van der Waals surface area contributed by atoms with E-state index in [1.165, 1.54) is 4.90 Å². The number of likely N-dealkylation sites (N-methyl/N-ethyl adjacent to an activating group) is 1. The first-order valence-corrected chi connectivity index (χ1v) is 8.81. The molecule has 0 spiro atoms. The summed E-state index contributed by atoms with van der Waals surface area (Å²) in [7, 11) is 2.20. The van der Waals surface area contributed by atoms with Crippen molar-refractivity contribution in [1.82, 2.24) is 9.80 Å². The highest BCUT2D eigenvalue weighted by Gasteiger charge is 2.31. The van der Waals surface area contributed by atoms with Gasteiger partial charge in [0.25, 0.3) is 11.8 Å². The molecule has 2 fully saturated rings. The molecule has 0 aliphatic carbocycles. The van der Waals surface area contributed by atoms with Crippen LogP contribution in [0.15, 0.2) is 24.3 Å². The van der Waals surface area contributed by atoms with Crippen LogP contribution in [0.3, 0.4) is 0 Å². The summed E-state index contributed by atoms with van der Waals surface area (Å²) >= 11 is 0. The monoisotopic (exact) mass is 332 g/mol. The Labute approximate surface area is 143 Å². The van der Waals surface area contributed by atoms with Crippen molar-refractivity contribution in [3.05, 3.63) is 35.4 Å². The largest absolute Gasteiger partial charge is 0.328 e. The molecule has 2 aliphatic heterocycles. The molecule has 0 radical (unpaired) electrons. The van der Waals surface area contributed by atoms with E-state index in [2.05, 4.69) is 7.05 Å². The van der Waals surface area contributed by atoms with Crippen LogP contribution in [0.2, 0.25) is 0 Å². The molecule has 6 heteroatoms. The molecule has 0 aromatic heterocycles. The van der Waals surface area contributed by atoms with Gasteiger partial charge in [0.2, 0.25) is 0 Å². The average molecular weight is 332 g/mol. The van der Waals surface area contributed by atoms with Crippen LogP contribution in [0.5, 0.6) is 0 Å². The zero-order chi connectivity index (χ0) is 17.1. The molecule has 2 saturated heterocycles. The summed E-state index contributed by atoms with van der Waals surface area (Å²) in [5.41, 5.74) is 1.84. The Morgan fingerprint density at radius 3 is 2.29 bits per heavy atom. The zero-order valence-electron chi connectivity index (χ0n) is 14.7. The van der Waals surface area contributed by atoms with E-state index in [0.29, 0.717) is 31.9 Å². The second kappa shape index (κ2) is 7.32. The van der Waals surface area contributed by atoms with E-state index in [9.17, 15) is 9.59 Å². The number of hydrogen-bond donors (Lipinski definition) is 2. The minimum atomic E-state index is 0.0147. The van der Waals surface area contributed by atoms with Crippen LogP contribution in [0, 0.1) is 6.92 Å². The molecule has 24 heavy (non-hydrogen) atoms. The number of carbonyl (C=O) groups excluding carboxylic acids is 2. The summed E-state index contributed by atoms with van der Waals surface area (Å²) in [6, 6.07) is 7.62. The second-order valence-electron chi connectivity index (χ2n) is 7.12. The predicted molar refractivity (Wildman–Crippen MR) is 91.0 cm³/mol. The third-order valence-corrected chi connectivity index (χ3v) is 5.13. The van der Waals surface area contributed by atoms with Gasteiger partial charge in [-0.2, -0.15) is 0 Å². The molecular weight excluding hydrogens is 304 g/mol. The molecule has 2 amide bonds. The lowest BCUT2D eigenvalue weighted by atomic mass is 10.1. The van der Waals surface area contributed by atoms with Gasteiger partial charge in [0.1, 0.15) is 26.2 Å². The molecule has 1 aromatic rings. The molecule has 0 bridgehead atoms. The molecule has 0 unspecified atom stereocenters. The lowest BCUT2D eigenvalue weighted by molar-refractivity contribution is -1.000. The molecule has 0 atom stereocenters. The van der Waals surface area contributed by atoms with Gasteiger partial charge >= 0.3 is 0 Å². The Balaban J connectivity index is 1.52. The molecule has 130 valence electrons. The van der Waals surface area contributed by atoms with E-state index < -0.39 is 0 Å². The Bertz CT molecular complexity index is 594. The van der Waals surface area contributed by atoms with Gasteiger partial charge in [-0.3, -0.25) is 9.59 Å². The third kappa shape index (κ3) is 3.94. The van der Waals surface area contributed by atoms with Crippen molar-refractivity contribution >= 4 is 11.8 Å². The van der Waals surface area contributed by atoms with Gasteiger partial charge in [0.15, 0.2) is 6.54 Å². The van der Waals surface area contributed by atoms with Crippen molar-refractivity contribution in [2.45, 2.75) is 6.92 Å². The van der Waals surface area contributed by atoms with Gasteiger partial charge in [0.05, 0.1) is 13.7 Å². The number of carbonyl (C=O) groups is 2. The van der Waals surface area contributed by atoms with Gasteiger partial charge < -0.3 is 19.6 Å². The van der Waals surface area contributed by atoms with Gasteiger partial charge in [0, 0.05) is 18.7 Å². The van der Waals surface area contributed by atoms with Crippen molar-refractivity contribution in [3.63, 3.8) is 0 Å². The Kier molecular flexibility index (Phi) is 5.16. The standard InChI is InChI=1S/C18H26N4O2/c1-15-3-5-16(6-4-15)18(24)22-12-11-21(14-22)17(23)13-20-9-7-19(2)8-10-20/h3-6H,7-14H2,1-2H3/p+2. The number of nitrogens with one attached hydrogen (secondary N) is 2. The minimum Gasteiger partial charge on any atom is -0.328 e. The van der Waals surface area contributed by atoms with Gasteiger partial charge in [-0.1, -0.05) is 17.7 Å². The second-order valence-corrected chi connectivity index (χ2v) is 7.12. The summed E-state index contributed by atoms with van der Waals surface area (Å²) in [6.07, 6.45) is 0. The summed E-state index contributed by atoms with van der Waals surface area (Å²) in [4.78, 5) is 31.5.